The summed E-state index contributed by atoms with van der Waals surface area (Å²) in [5.74, 6) is -0.622. The highest BCUT2D eigenvalue weighted by atomic mass is 35.5. The number of anilines is 1. The van der Waals surface area contributed by atoms with E-state index in [1.807, 2.05) is 0 Å². The molecule has 0 radical (unpaired) electrons. The molecule has 1 saturated heterocycles. The fourth-order valence-corrected chi connectivity index (χ4v) is 3.97. The zero-order valence-electron chi connectivity index (χ0n) is 10.8. The monoisotopic (exact) mass is 320 g/mol. The number of carbonyl (C=O) groups excluding carboxylic acids is 1. The van der Waals surface area contributed by atoms with Gasteiger partial charge in [0.15, 0.2) is 9.84 Å². The van der Waals surface area contributed by atoms with E-state index in [0.717, 1.165) is 6.07 Å². The van der Waals surface area contributed by atoms with Crippen LogP contribution >= 0.6 is 11.6 Å². The third kappa shape index (κ3) is 3.40. The number of rotatable bonds is 2. The summed E-state index contributed by atoms with van der Waals surface area (Å²) in [5.41, 5.74) is 0.00658. The fraction of sp³-hybridized carbons (Fsp3) is 0.417. The molecule has 1 atom stereocenters. The molecule has 1 unspecified atom stereocenters. The Morgan fingerprint density at radius 3 is 2.75 bits per heavy atom. The van der Waals surface area contributed by atoms with E-state index < -0.39 is 21.7 Å². The van der Waals surface area contributed by atoms with Crippen molar-refractivity contribution >= 4 is 33.2 Å². The highest BCUT2D eigenvalue weighted by molar-refractivity contribution is 7.91. The van der Waals surface area contributed by atoms with Crippen LogP contribution in [0.4, 0.5) is 14.9 Å². The van der Waals surface area contributed by atoms with E-state index in [1.165, 1.54) is 24.1 Å². The van der Waals surface area contributed by atoms with Gasteiger partial charge in [-0.05, 0) is 24.6 Å². The molecule has 1 aromatic rings. The molecule has 0 spiro atoms. The van der Waals surface area contributed by atoms with E-state index in [9.17, 15) is 17.6 Å². The Morgan fingerprint density at radius 1 is 1.50 bits per heavy atom. The van der Waals surface area contributed by atoms with Crippen LogP contribution in [0.5, 0.6) is 0 Å². The van der Waals surface area contributed by atoms with E-state index in [2.05, 4.69) is 5.32 Å². The summed E-state index contributed by atoms with van der Waals surface area (Å²) in [6.45, 7) is 0. The number of hydrogen-bond donors (Lipinski definition) is 1. The zero-order valence-corrected chi connectivity index (χ0v) is 12.3. The lowest BCUT2D eigenvalue weighted by atomic mass is 10.2. The minimum atomic E-state index is -3.07. The van der Waals surface area contributed by atoms with Crippen LogP contribution in [0.25, 0.3) is 0 Å². The first-order valence-corrected chi connectivity index (χ1v) is 8.18. The molecular weight excluding hydrogens is 307 g/mol. The van der Waals surface area contributed by atoms with Crippen molar-refractivity contribution in [2.45, 2.75) is 12.5 Å². The molecule has 110 valence electrons. The summed E-state index contributed by atoms with van der Waals surface area (Å²) in [7, 11) is -1.58. The molecule has 1 fully saturated rings. The molecule has 0 bridgehead atoms. The maximum Gasteiger partial charge on any atom is 0.321 e. The van der Waals surface area contributed by atoms with Gasteiger partial charge in [0.1, 0.15) is 5.82 Å². The summed E-state index contributed by atoms with van der Waals surface area (Å²) < 4.78 is 36.3. The van der Waals surface area contributed by atoms with Gasteiger partial charge in [-0.2, -0.15) is 0 Å². The predicted molar refractivity (Wildman–Crippen MR) is 75.3 cm³/mol. The van der Waals surface area contributed by atoms with Crippen LogP contribution in [0.3, 0.4) is 0 Å². The number of benzene rings is 1. The number of carbonyl (C=O) groups is 1. The average molecular weight is 321 g/mol. The molecule has 1 aliphatic heterocycles. The van der Waals surface area contributed by atoms with Crippen LogP contribution in [0, 0.1) is 5.82 Å². The van der Waals surface area contributed by atoms with Crippen LogP contribution in [0.15, 0.2) is 18.2 Å². The van der Waals surface area contributed by atoms with Gasteiger partial charge in [0.2, 0.25) is 0 Å². The lowest BCUT2D eigenvalue weighted by molar-refractivity contribution is 0.209. The molecular formula is C12H14ClFN2O3S. The van der Waals surface area contributed by atoms with Crippen molar-refractivity contribution in [3.05, 3.63) is 29.0 Å². The molecule has 2 rings (SSSR count). The van der Waals surface area contributed by atoms with Crippen LogP contribution in [0.1, 0.15) is 6.42 Å². The zero-order chi connectivity index (χ0) is 14.9. The Hall–Kier alpha value is -1.34. The summed E-state index contributed by atoms with van der Waals surface area (Å²) in [6.07, 6.45) is 0.398. The average Bonchev–Trinajstić information content (AvgIpc) is 2.72. The second-order valence-electron chi connectivity index (χ2n) is 4.72. The Balaban J connectivity index is 2.05. The summed E-state index contributed by atoms with van der Waals surface area (Å²) in [6, 6.07) is 2.98. The van der Waals surface area contributed by atoms with Gasteiger partial charge in [-0.25, -0.2) is 17.6 Å². The Bertz CT molecular complexity index is 636. The number of nitrogens with one attached hydrogen (secondary N) is 1. The van der Waals surface area contributed by atoms with E-state index in [1.54, 1.807) is 0 Å². The summed E-state index contributed by atoms with van der Waals surface area (Å²) in [4.78, 5) is 13.3. The van der Waals surface area contributed by atoms with Crippen LogP contribution in [-0.2, 0) is 9.84 Å². The molecule has 1 aromatic carbocycles. The molecule has 2 amide bonds. The van der Waals surface area contributed by atoms with Gasteiger partial charge in [-0.1, -0.05) is 11.6 Å². The summed E-state index contributed by atoms with van der Waals surface area (Å²) >= 11 is 5.62. The molecule has 8 heteroatoms. The molecule has 1 heterocycles. The van der Waals surface area contributed by atoms with Gasteiger partial charge in [-0.15, -0.1) is 0 Å². The molecule has 20 heavy (non-hydrogen) atoms. The number of urea groups is 1. The van der Waals surface area contributed by atoms with Crippen LogP contribution < -0.4 is 5.32 Å². The number of amides is 2. The molecule has 0 saturated carbocycles. The molecule has 0 aromatic heterocycles. The Kier molecular flexibility index (Phi) is 4.19. The predicted octanol–water partition coefficient (Wildman–Crippen LogP) is 2.13. The first-order valence-electron chi connectivity index (χ1n) is 5.98. The first kappa shape index (κ1) is 15.1. The first-order chi connectivity index (χ1) is 9.28. The smallest absolute Gasteiger partial charge is 0.321 e. The highest BCUT2D eigenvalue weighted by Gasteiger charge is 2.32. The topological polar surface area (TPSA) is 66.5 Å². The minimum Gasteiger partial charge on any atom is -0.324 e. The standard InChI is InChI=1S/C12H14ClFN2O3S/c1-16(9-4-5-20(18,19)7-9)12(17)15-11-3-2-8(13)6-10(11)14/h2-3,6,9H,4-5,7H2,1H3,(H,15,17). The van der Waals surface area contributed by atoms with E-state index in [-0.39, 0.29) is 28.3 Å². The SMILES string of the molecule is CN(C(=O)Nc1ccc(Cl)cc1F)C1CCS(=O)(=O)C1. The highest BCUT2D eigenvalue weighted by Crippen LogP contribution is 2.21. The maximum atomic E-state index is 13.6. The second-order valence-corrected chi connectivity index (χ2v) is 7.39. The lowest BCUT2D eigenvalue weighted by Gasteiger charge is -2.23. The third-order valence-electron chi connectivity index (χ3n) is 3.25. The third-order valence-corrected chi connectivity index (χ3v) is 5.23. The van der Waals surface area contributed by atoms with Gasteiger partial charge in [0, 0.05) is 18.1 Å². The Morgan fingerprint density at radius 2 is 2.20 bits per heavy atom. The van der Waals surface area contributed by atoms with E-state index in [4.69, 9.17) is 11.6 Å². The van der Waals surface area contributed by atoms with Crippen molar-refractivity contribution in [1.82, 2.24) is 4.90 Å². The van der Waals surface area contributed by atoms with Gasteiger partial charge < -0.3 is 10.2 Å². The van der Waals surface area contributed by atoms with Crippen LogP contribution in [-0.4, -0.2) is 43.9 Å². The van der Waals surface area contributed by atoms with E-state index >= 15 is 0 Å². The normalized spacial score (nSPS) is 20.6. The number of nitrogens with zero attached hydrogens (tertiary/aromatic N) is 1. The minimum absolute atomic E-state index is 0.00658. The number of halogens is 2. The lowest BCUT2D eigenvalue weighted by Crippen LogP contribution is -2.40. The van der Waals surface area contributed by atoms with Crippen molar-refractivity contribution in [3.8, 4) is 0 Å². The molecule has 5 nitrogen and oxygen atoms in total. The van der Waals surface area contributed by atoms with Crippen molar-refractivity contribution in [2.75, 3.05) is 23.9 Å². The Labute approximate surface area is 121 Å². The van der Waals surface area contributed by atoms with Gasteiger partial charge in [0.05, 0.1) is 17.2 Å². The molecule has 1 aliphatic rings. The fourth-order valence-electron chi connectivity index (χ4n) is 2.04. The van der Waals surface area contributed by atoms with Crippen molar-refractivity contribution in [2.24, 2.45) is 0 Å². The maximum absolute atomic E-state index is 13.6. The van der Waals surface area contributed by atoms with Crippen molar-refractivity contribution in [1.29, 1.82) is 0 Å². The molecule has 0 aliphatic carbocycles. The quantitative estimate of drug-likeness (QED) is 0.907. The van der Waals surface area contributed by atoms with Gasteiger partial charge in [0.25, 0.3) is 0 Å². The van der Waals surface area contributed by atoms with Crippen LogP contribution in [0.2, 0.25) is 5.02 Å². The van der Waals surface area contributed by atoms with Crippen molar-refractivity contribution < 1.29 is 17.6 Å². The van der Waals surface area contributed by atoms with E-state index in [0.29, 0.717) is 6.42 Å². The van der Waals surface area contributed by atoms with Gasteiger partial charge >= 0.3 is 6.03 Å². The number of sulfone groups is 1. The van der Waals surface area contributed by atoms with Gasteiger partial charge in [-0.3, -0.25) is 0 Å². The summed E-state index contributed by atoms with van der Waals surface area (Å²) in [5, 5.41) is 2.63. The largest absolute Gasteiger partial charge is 0.324 e. The van der Waals surface area contributed by atoms with Crippen molar-refractivity contribution in [3.63, 3.8) is 0 Å². The number of hydrogen-bond acceptors (Lipinski definition) is 3. The molecule has 1 N–H and O–H groups in total. The second kappa shape index (κ2) is 5.57.